The summed E-state index contributed by atoms with van der Waals surface area (Å²) < 4.78 is 0. The average molecular weight is 336 g/mol. The Morgan fingerprint density at radius 1 is 0.958 bits per heavy atom. The number of hydrogen-bond acceptors (Lipinski definition) is 4. The van der Waals surface area contributed by atoms with Gasteiger partial charge in [-0.2, -0.15) is 0 Å². The molecule has 4 heteroatoms. The second kappa shape index (κ2) is 5.28. The molecule has 0 saturated heterocycles. The summed E-state index contributed by atoms with van der Waals surface area (Å²) in [6.07, 6.45) is 3.07. The average Bonchev–Trinajstić information content (AvgIpc) is 2.69. The maximum Gasteiger partial charge on any atom is 0.136 e. The van der Waals surface area contributed by atoms with Crippen molar-refractivity contribution < 1.29 is 20.1 Å². The van der Waals surface area contributed by atoms with E-state index in [1.54, 1.807) is 0 Å². The third-order valence-corrected chi connectivity index (χ3v) is 8.67. The number of fused-ring (bicyclic) bond motifs is 5. The molecule has 0 unspecified atom stereocenters. The van der Waals surface area contributed by atoms with Crippen molar-refractivity contribution in [2.75, 3.05) is 0 Å². The third kappa shape index (κ3) is 2.05. The largest absolute Gasteiger partial charge is 0.393 e. The van der Waals surface area contributed by atoms with E-state index >= 15 is 0 Å². The number of ketones is 1. The highest BCUT2D eigenvalue weighted by molar-refractivity contribution is 5.82. The Balaban J connectivity index is 1.72. The lowest BCUT2D eigenvalue weighted by atomic mass is 9.43. The maximum atomic E-state index is 12.2. The maximum absolute atomic E-state index is 12.2. The van der Waals surface area contributed by atoms with Gasteiger partial charge < -0.3 is 15.3 Å². The van der Waals surface area contributed by atoms with Crippen LogP contribution in [0.25, 0.3) is 0 Å². The van der Waals surface area contributed by atoms with E-state index < -0.39 is 18.3 Å². The summed E-state index contributed by atoms with van der Waals surface area (Å²) >= 11 is 0. The number of aliphatic hydroxyl groups is 3. The van der Waals surface area contributed by atoms with Crippen LogP contribution in [0.2, 0.25) is 0 Å². The van der Waals surface area contributed by atoms with Crippen LogP contribution in [0.5, 0.6) is 0 Å². The molecule has 136 valence electrons. The van der Waals surface area contributed by atoms with Gasteiger partial charge in [0.05, 0.1) is 18.3 Å². The van der Waals surface area contributed by atoms with Crippen molar-refractivity contribution in [3.05, 3.63) is 0 Å². The topological polar surface area (TPSA) is 77.8 Å². The number of aliphatic hydroxyl groups excluding tert-OH is 3. The minimum atomic E-state index is -0.523. The van der Waals surface area contributed by atoms with Crippen LogP contribution in [0.3, 0.4) is 0 Å². The zero-order valence-corrected chi connectivity index (χ0v) is 15.1. The van der Waals surface area contributed by atoms with Crippen LogP contribution in [0, 0.1) is 40.4 Å². The lowest BCUT2D eigenvalue weighted by molar-refractivity contribution is -0.190. The van der Waals surface area contributed by atoms with E-state index in [0.717, 1.165) is 19.3 Å². The van der Waals surface area contributed by atoms with E-state index in [2.05, 4.69) is 13.8 Å². The number of Topliss-reactive ketones (excluding diaryl/α,β-unsaturated/α-hetero) is 1. The standard InChI is InChI=1S/C20H32O4/c1-10-8-19(2)11(6-13(10)21)4-5-12-17-14(22)7-16(24)20(17,3)9-15(23)18(12)19/h10-12,14-18,22-24H,4-9H2,1-3H3/t10-,11+,12+,14+,15+,16+,17-,18-,19+,20-/m1/s1. The molecule has 24 heavy (non-hydrogen) atoms. The van der Waals surface area contributed by atoms with Crippen molar-refractivity contribution in [3.63, 3.8) is 0 Å². The monoisotopic (exact) mass is 336 g/mol. The first-order chi connectivity index (χ1) is 11.2. The summed E-state index contributed by atoms with van der Waals surface area (Å²) in [5.74, 6) is 1.29. The molecule has 4 aliphatic carbocycles. The fraction of sp³-hybridized carbons (Fsp3) is 0.950. The molecule has 0 aliphatic heterocycles. The molecule has 0 aromatic rings. The van der Waals surface area contributed by atoms with Crippen LogP contribution >= 0.6 is 0 Å². The molecule has 10 atom stereocenters. The Morgan fingerprint density at radius 3 is 2.33 bits per heavy atom. The first-order valence-corrected chi connectivity index (χ1v) is 9.75. The summed E-state index contributed by atoms with van der Waals surface area (Å²) in [6, 6.07) is 0. The van der Waals surface area contributed by atoms with Gasteiger partial charge in [-0.1, -0.05) is 20.8 Å². The molecule has 4 aliphatic rings. The molecule has 0 radical (unpaired) electrons. The number of rotatable bonds is 0. The first kappa shape index (κ1) is 17.0. The minimum absolute atomic E-state index is 0.0236. The van der Waals surface area contributed by atoms with Crippen molar-refractivity contribution in [1.29, 1.82) is 0 Å². The van der Waals surface area contributed by atoms with Crippen molar-refractivity contribution in [2.24, 2.45) is 40.4 Å². The van der Waals surface area contributed by atoms with Gasteiger partial charge in [-0.25, -0.2) is 0 Å². The fourth-order valence-electron chi connectivity index (χ4n) is 7.58. The highest BCUT2D eigenvalue weighted by atomic mass is 16.3. The molecule has 0 aromatic heterocycles. The van der Waals surface area contributed by atoms with E-state index in [-0.39, 0.29) is 34.5 Å². The smallest absolute Gasteiger partial charge is 0.136 e. The molecule has 0 spiro atoms. The van der Waals surface area contributed by atoms with Gasteiger partial charge in [0, 0.05) is 24.2 Å². The Kier molecular flexibility index (Phi) is 3.73. The van der Waals surface area contributed by atoms with Crippen LogP contribution in [0.1, 0.15) is 59.3 Å². The van der Waals surface area contributed by atoms with Gasteiger partial charge in [0.1, 0.15) is 5.78 Å². The summed E-state index contributed by atoms with van der Waals surface area (Å²) in [6.45, 7) is 6.36. The summed E-state index contributed by atoms with van der Waals surface area (Å²) in [5.41, 5.74) is -0.399. The van der Waals surface area contributed by atoms with E-state index in [9.17, 15) is 20.1 Å². The number of carbonyl (C=O) groups is 1. The normalized spacial score (nSPS) is 60.3. The molecule has 0 amide bonds. The lowest BCUT2D eigenvalue weighted by Crippen LogP contribution is -2.61. The van der Waals surface area contributed by atoms with Gasteiger partial charge in [-0.3, -0.25) is 4.79 Å². The zero-order valence-electron chi connectivity index (χ0n) is 15.1. The highest BCUT2D eigenvalue weighted by Gasteiger charge is 2.65. The Morgan fingerprint density at radius 2 is 1.62 bits per heavy atom. The molecule has 4 rings (SSSR count). The van der Waals surface area contributed by atoms with E-state index in [0.29, 0.717) is 31.0 Å². The summed E-state index contributed by atoms with van der Waals surface area (Å²) in [7, 11) is 0. The van der Waals surface area contributed by atoms with Gasteiger partial charge in [-0.05, 0) is 54.8 Å². The molecule has 4 nitrogen and oxygen atoms in total. The Hall–Kier alpha value is -0.450. The predicted molar refractivity (Wildman–Crippen MR) is 90.1 cm³/mol. The van der Waals surface area contributed by atoms with Crippen LogP contribution in [0.15, 0.2) is 0 Å². The molecule has 0 heterocycles. The van der Waals surface area contributed by atoms with E-state index in [4.69, 9.17) is 0 Å². The van der Waals surface area contributed by atoms with Crippen LogP contribution in [0.4, 0.5) is 0 Å². The van der Waals surface area contributed by atoms with Gasteiger partial charge in [-0.15, -0.1) is 0 Å². The predicted octanol–water partition coefficient (Wildman–Crippen LogP) is 2.15. The molecular formula is C20H32O4. The molecule has 3 N–H and O–H groups in total. The van der Waals surface area contributed by atoms with E-state index in [1.807, 2.05) is 6.92 Å². The molecule has 4 fully saturated rings. The quantitative estimate of drug-likeness (QED) is 0.633. The van der Waals surface area contributed by atoms with Crippen LogP contribution in [-0.4, -0.2) is 39.4 Å². The minimum Gasteiger partial charge on any atom is -0.393 e. The summed E-state index contributed by atoms with van der Waals surface area (Å²) in [5, 5.41) is 32.3. The highest BCUT2D eigenvalue weighted by Crippen LogP contribution is 2.66. The zero-order chi connectivity index (χ0) is 17.4. The molecule has 4 saturated carbocycles. The molecule has 0 bridgehead atoms. The van der Waals surface area contributed by atoms with Crippen LogP contribution in [-0.2, 0) is 4.79 Å². The molecule has 0 aromatic carbocycles. The lowest BCUT2D eigenvalue weighted by Gasteiger charge is -2.62. The van der Waals surface area contributed by atoms with Crippen molar-refractivity contribution in [3.8, 4) is 0 Å². The van der Waals surface area contributed by atoms with Gasteiger partial charge >= 0.3 is 0 Å². The van der Waals surface area contributed by atoms with Gasteiger partial charge in [0.15, 0.2) is 0 Å². The summed E-state index contributed by atoms with van der Waals surface area (Å²) in [4.78, 5) is 12.2. The number of carbonyl (C=O) groups excluding carboxylic acids is 1. The van der Waals surface area contributed by atoms with Crippen molar-refractivity contribution in [1.82, 2.24) is 0 Å². The SMILES string of the molecule is C[C@@H]1C[C@@]2(C)[C@@H](CC[C@@H]3[C@@H]2[C@@H](O)C[C@@]2(C)[C@H]3[C@@H](O)C[C@@H]2O)CC1=O. The molecular weight excluding hydrogens is 304 g/mol. The number of hydrogen-bond donors (Lipinski definition) is 3. The Bertz CT molecular complexity index is 548. The second-order valence-electron chi connectivity index (χ2n) is 9.87. The Labute approximate surface area is 144 Å². The van der Waals surface area contributed by atoms with Crippen LogP contribution < -0.4 is 0 Å². The van der Waals surface area contributed by atoms with Gasteiger partial charge in [0.2, 0.25) is 0 Å². The van der Waals surface area contributed by atoms with Crippen molar-refractivity contribution in [2.45, 2.75) is 77.6 Å². The van der Waals surface area contributed by atoms with Gasteiger partial charge in [0.25, 0.3) is 0 Å². The second-order valence-corrected chi connectivity index (χ2v) is 9.87. The first-order valence-electron chi connectivity index (χ1n) is 9.75. The third-order valence-electron chi connectivity index (χ3n) is 8.67. The fourth-order valence-corrected chi connectivity index (χ4v) is 7.58. The van der Waals surface area contributed by atoms with Crippen molar-refractivity contribution >= 4 is 5.78 Å². The van der Waals surface area contributed by atoms with E-state index in [1.165, 1.54) is 0 Å².